The molecule has 0 heterocycles. The fraction of sp³-hybridized carbons (Fsp3) is 1.00. The third-order valence-electron chi connectivity index (χ3n) is 10.4. The third-order valence-corrected chi connectivity index (χ3v) is 10.4. The fourth-order valence-electron chi connectivity index (χ4n) is 8.43. The summed E-state index contributed by atoms with van der Waals surface area (Å²) in [5.74, 6) is 8.44. The van der Waals surface area contributed by atoms with E-state index in [0.29, 0.717) is 5.41 Å². The van der Waals surface area contributed by atoms with Gasteiger partial charge >= 0.3 is 0 Å². The Labute approximate surface area is 165 Å². The molecule has 0 N–H and O–H groups in total. The molecule has 0 nitrogen and oxygen atoms in total. The molecule has 4 aliphatic carbocycles. The van der Waals surface area contributed by atoms with E-state index in [0.717, 1.165) is 47.3 Å². The molecule has 4 fully saturated rings. The van der Waals surface area contributed by atoms with Gasteiger partial charge in [0, 0.05) is 1.43 Å². The Morgan fingerprint density at radius 1 is 0.846 bits per heavy atom. The summed E-state index contributed by atoms with van der Waals surface area (Å²) >= 11 is 0. The minimum atomic E-state index is 0. The van der Waals surface area contributed by atoms with Crippen LogP contribution in [0.25, 0.3) is 0 Å². The Kier molecular flexibility index (Phi) is 5.79. The van der Waals surface area contributed by atoms with Gasteiger partial charge in [-0.15, -0.1) is 0 Å². The van der Waals surface area contributed by atoms with E-state index in [4.69, 9.17) is 0 Å². The standard InChI is InChI=1S/C26H46.H2/c1-18(2)19(3)8-7-10-21-13-15-25-24-14-12-20-9-5-6-11-22(20)23(24)16-17-26(21,25)4;/h18-25H,5-17H2,1-4H3;1H. The van der Waals surface area contributed by atoms with Crippen molar-refractivity contribution in [1.29, 1.82) is 0 Å². The number of hydrogen-bond donors (Lipinski definition) is 0. The Bertz CT molecular complexity index is 471. The Morgan fingerprint density at radius 2 is 1.65 bits per heavy atom. The minimum absolute atomic E-state index is 0. The molecule has 0 heteroatoms. The van der Waals surface area contributed by atoms with E-state index in [1.807, 2.05) is 0 Å². The summed E-state index contributed by atoms with van der Waals surface area (Å²) in [7, 11) is 0. The molecule has 8 unspecified atom stereocenters. The van der Waals surface area contributed by atoms with E-state index in [-0.39, 0.29) is 1.43 Å². The average Bonchev–Trinajstić information content (AvgIpc) is 2.98. The SMILES string of the molecule is CC(C)C(C)CCCC1CCC2C3CCC4CCCCC4C3CCC12C.[HH]. The average molecular weight is 361 g/mol. The molecule has 0 saturated heterocycles. The van der Waals surface area contributed by atoms with Crippen LogP contribution in [0.1, 0.15) is 113 Å². The zero-order chi connectivity index (χ0) is 18.3. The van der Waals surface area contributed by atoms with Gasteiger partial charge in [-0.05, 0) is 104 Å². The van der Waals surface area contributed by atoms with Crippen LogP contribution in [0, 0.1) is 52.8 Å². The highest BCUT2D eigenvalue weighted by Gasteiger charge is 2.56. The van der Waals surface area contributed by atoms with Gasteiger partial charge in [-0.3, -0.25) is 0 Å². The molecule has 0 radical (unpaired) electrons. The summed E-state index contributed by atoms with van der Waals surface area (Å²) in [6, 6.07) is 0. The van der Waals surface area contributed by atoms with Crippen LogP contribution in [-0.2, 0) is 0 Å². The van der Waals surface area contributed by atoms with E-state index in [1.165, 1.54) is 25.7 Å². The molecule has 4 saturated carbocycles. The second-order valence-electron chi connectivity index (χ2n) is 11.7. The van der Waals surface area contributed by atoms with Crippen LogP contribution in [0.15, 0.2) is 0 Å². The van der Waals surface area contributed by atoms with Crippen molar-refractivity contribution in [3.8, 4) is 0 Å². The van der Waals surface area contributed by atoms with Crippen LogP contribution < -0.4 is 0 Å². The second-order valence-corrected chi connectivity index (χ2v) is 11.7. The summed E-state index contributed by atoms with van der Waals surface area (Å²) in [6.45, 7) is 10.0. The molecular weight excluding hydrogens is 312 g/mol. The molecule has 152 valence electrons. The first-order chi connectivity index (χ1) is 12.5. The molecule has 0 aromatic carbocycles. The summed E-state index contributed by atoms with van der Waals surface area (Å²) in [5.41, 5.74) is 0.712. The Morgan fingerprint density at radius 3 is 2.46 bits per heavy atom. The highest BCUT2D eigenvalue weighted by molar-refractivity contribution is 5.05. The van der Waals surface area contributed by atoms with Gasteiger partial charge in [-0.1, -0.05) is 59.8 Å². The Balaban J connectivity index is 0.00000210. The van der Waals surface area contributed by atoms with Gasteiger partial charge < -0.3 is 0 Å². The van der Waals surface area contributed by atoms with Gasteiger partial charge in [0.25, 0.3) is 0 Å². The zero-order valence-corrected chi connectivity index (χ0v) is 18.3. The van der Waals surface area contributed by atoms with Gasteiger partial charge in [0.05, 0.1) is 0 Å². The van der Waals surface area contributed by atoms with Gasteiger partial charge in [-0.2, -0.15) is 0 Å². The van der Waals surface area contributed by atoms with E-state index in [2.05, 4.69) is 27.7 Å². The third kappa shape index (κ3) is 3.41. The van der Waals surface area contributed by atoms with Gasteiger partial charge in [0.15, 0.2) is 0 Å². The van der Waals surface area contributed by atoms with Crippen molar-refractivity contribution >= 4 is 0 Å². The quantitative estimate of drug-likeness (QED) is 0.462. The highest BCUT2D eigenvalue weighted by atomic mass is 14.6. The van der Waals surface area contributed by atoms with Crippen LogP contribution in [0.2, 0.25) is 0 Å². The number of fused-ring (bicyclic) bond motifs is 5. The first-order valence-electron chi connectivity index (χ1n) is 12.5. The van der Waals surface area contributed by atoms with Crippen molar-refractivity contribution in [3.63, 3.8) is 0 Å². The monoisotopic (exact) mass is 360 g/mol. The summed E-state index contributed by atoms with van der Waals surface area (Å²) in [5, 5.41) is 0. The first kappa shape index (κ1) is 19.3. The molecule has 4 rings (SSSR count). The fourth-order valence-corrected chi connectivity index (χ4v) is 8.43. The van der Waals surface area contributed by atoms with Gasteiger partial charge in [0.2, 0.25) is 0 Å². The smallest absolute Gasteiger partial charge is 0 e. The lowest BCUT2D eigenvalue weighted by Gasteiger charge is -2.56. The van der Waals surface area contributed by atoms with E-state index in [1.54, 1.807) is 57.8 Å². The second kappa shape index (κ2) is 7.79. The van der Waals surface area contributed by atoms with Crippen molar-refractivity contribution < 1.29 is 1.43 Å². The maximum atomic E-state index is 2.74. The molecule has 26 heavy (non-hydrogen) atoms. The van der Waals surface area contributed by atoms with Crippen LogP contribution in [-0.4, -0.2) is 0 Å². The normalized spacial score (nSPS) is 46.5. The predicted octanol–water partition coefficient (Wildman–Crippen LogP) is 8.35. The topological polar surface area (TPSA) is 0 Å². The molecule has 8 atom stereocenters. The highest BCUT2D eigenvalue weighted by Crippen LogP contribution is 2.64. The van der Waals surface area contributed by atoms with Crippen LogP contribution in [0.5, 0.6) is 0 Å². The largest absolute Gasteiger partial charge is 0.0625 e. The van der Waals surface area contributed by atoms with Crippen molar-refractivity contribution in [3.05, 3.63) is 0 Å². The van der Waals surface area contributed by atoms with Crippen LogP contribution >= 0.6 is 0 Å². The van der Waals surface area contributed by atoms with Crippen LogP contribution in [0.3, 0.4) is 0 Å². The lowest BCUT2D eigenvalue weighted by atomic mass is 9.49. The van der Waals surface area contributed by atoms with Crippen molar-refractivity contribution in [2.75, 3.05) is 0 Å². The van der Waals surface area contributed by atoms with Crippen LogP contribution in [0.4, 0.5) is 0 Å². The summed E-state index contributed by atoms with van der Waals surface area (Å²) in [4.78, 5) is 0. The van der Waals surface area contributed by atoms with Crippen molar-refractivity contribution in [2.45, 2.75) is 111 Å². The van der Waals surface area contributed by atoms with Crippen molar-refractivity contribution in [1.82, 2.24) is 0 Å². The maximum absolute atomic E-state index is 2.74. The molecule has 0 amide bonds. The van der Waals surface area contributed by atoms with E-state index >= 15 is 0 Å². The Hall–Kier alpha value is 0. The zero-order valence-electron chi connectivity index (χ0n) is 18.3. The molecule has 0 spiro atoms. The molecule has 0 aliphatic heterocycles. The molecule has 0 aromatic heterocycles. The molecule has 0 aromatic rings. The van der Waals surface area contributed by atoms with Gasteiger partial charge in [-0.25, -0.2) is 0 Å². The maximum Gasteiger partial charge on any atom is 0 e. The van der Waals surface area contributed by atoms with Gasteiger partial charge in [0.1, 0.15) is 0 Å². The lowest BCUT2D eigenvalue weighted by molar-refractivity contribution is -0.0631. The minimum Gasteiger partial charge on any atom is -0.0625 e. The lowest BCUT2D eigenvalue weighted by Crippen LogP contribution is -2.48. The van der Waals surface area contributed by atoms with Crippen molar-refractivity contribution in [2.24, 2.45) is 52.8 Å². The van der Waals surface area contributed by atoms with E-state index < -0.39 is 0 Å². The summed E-state index contributed by atoms with van der Waals surface area (Å²) < 4.78 is 0. The molecular formula is C26H48. The molecule has 0 bridgehead atoms. The molecule has 4 aliphatic rings. The first-order valence-corrected chi connectivity index (χ1v) is 12.5. The number of hydrogen-bond acceptors (Lipinski definition) is 0. The predicted molar refractivity (Wildman–Crippen MR) is 115 cm³/mol. The van der Waals surface area contributed by atoms with E-state index in [9.17, 15) is 0 Å². The number of rotatable bonds is 5. The summed E-state index contributed by atoms with van der Waals surface area (Å²) in [6.07, 6.45) is 20.2.